The van der Waals surface area contributed by atoms with E-state index in [1.807, 2.05) is 0 Å². The second-order valence-corrected chi connectivity index (χ2v) is 7.92. The summed E-state index contributed by atoms with van der Waals surface area (Å²) in [6.07, 6.45) is 0.282. The molecule has 3 rings (SSSR count). The SMILES string of the molecule is CNC(=O)[C@H]1CN(C(=O)c2ccc(S(C)(=O)=O)cc2)c2ccccc2O1. The Hall–Kier alpha value is -2.87. The van der Waals surface area contributed by atoms with Crippen molar-refractivity contribution in [3.63, 3.8) is 0 Å². The van der Waals surface area contributed by atoms with Crippen molar-refractivity contribution in [1.29, 1.82) is 0 Å². The number of sulfone groups is 1. The smallest absolute Gasteiger partial charge is 0.262 e. The summed E-state index contributed by atoms with van der Waals surface area (Å²) in [4.78, 5) is 26.6. The van der Waals surface area contributed by atoms with Gasteiger partial charge in [0.15, 0.2) is 15.9 Å². The van der Waals surface area contributed by atoms with Gasteiger partial charge in [-0.3, -0.25) is 9.59 Å². The van der Waals surface area contributed by atoms with Crippen molar-refractivity contribution in [2.24, 2.45) is 0 Å². The van der Waals surface area contributed by atoms with E-state index in [0.29, 0.717) is 17.0 Å². The van der Waals surface area contributed by atoms with E-state index in [4.69, 9.17) is 4.74 Å². The average Bonchev–Trinajstić information content (AvgIpc) is 2.65. The molecule has 1 aliphatic rings. The lowest BCUT2D eigenvalue weighted by Gasteiger charge is -2.34. The van der Waals surface area contributed by atoms with Gasteiger partial charge in [0.25, 0.3) is 11.8 Å². The van der Waals surface area contributed by atoms with Gasteiger partial charge in [0, 0.05) is 18.9 Å². The summed E-state index contributed by atoms with van der Waals surface area (Å²) >= 11 is 0. The van der Waals surface area contributed by atoms with Crippen LogP contribution in [0.3, 0.4) is 0 Å². The van der Waals surface area contributed by atoms with Crippen LogP contribution in [0.5, 0.6) is 5.75 Å². The Morgan fingerprint density at radius 3 is 2.38 bits per heavy atom. The number of fused-ring (bicyclic) bond motifs is 1. The van der Waals surface area contributed by atoms with Gasteiger partial charge in [-0.05, 0) is 36.4 Å². The predicted molar refractivity (Wildman–Crippen MR) is 96.2 cm³/mol. The van der Waals surface area contributed by atoms with Gasteiger partial charge < -0.3 is 15.0 Å². The molecule has 0 aromatic heterocycles. The van der Waals surface area contributed by atoms with Crippen molar-refractivity contribution in [3.05, 3.63) is 54.1 Å². The number of carbonyl (C=O) groups excluding carboxylic acids is 2. The lowest BCUT2D eigenvalue weighted by molar-refractivity contribution is -0.127. The molecule has 8 heteroatoms. The van der Waals surface area contributed by atoms with Crippen LogP contribution < -0.4 is 15.0 Å². The largest absolute Gasteiger partial charge is 0.477 e. The van der Waals surface area contributed by atoms with Crippen LogP contribution in [-0.2, 0) is 14.6 Å². The topological polar surface area (TPSA) is 92.8 Å². The highest BCUT2D eigenvalue weighted by molar-refractivity contribution is 7.90. The lowest BCUT2D eigenvalue weighted by Crippen LogP contribution is -2.50. The van der Waals surface area contributed by atoms with E-state index in [1.54, 1.807) is 24.3 Å². The number of nitrogens with zero attached hydrogens (tertiary/aromatic N) is 1. The molecule has 1 atom stereocenters. The van der Waals surface area contributed by atoms with Crippen LogP contribution in [-0.4, -0.2) is 46.2 Å². The maximum atomic E-state index is 13.0. The van der Waals surface area contributed by atoms with Crippen LogP contribution >= 0.6 is 0 Å². The van der Waals surface area contributed by atoms with E-state index in [9.17, 15) is 18.0 Å². The van der Waals surface area contributed by atoms with Crippen LogP contribution in [0.25, 0.3) is 0 Å². The monoisotopic (exact) mass is 374 g/mol. The minimum atomic E-state index is -3.34. The molecule has 1 aliphatic heterocycles. The van der Waals surface area contributed by atoms with E-state index in [-0.39, 0.29) is 23.3 Å². The van der Waals surface area contributed by atoms with E-state index >= 15 is 0 Å². The number of anilines is 1. The number of para-hydroxylation sites is 2. The fraction of sp³-hybridized carbons (Fsp3) is 0.222. The summed E-state index contributed by atoms with van der Waals surface area (Å²) in [5, 5.41) is 2.52. The number of nitrogens with one attached hydrogen (secondary N) is 1. The molecule has 7 nitrogen and oxygen atoms in total. The highest BCUT2D eigenvalue weighted by Gasteiger charge is 2.33. The Labute approximate surface area is 151 Å². The number of ether oxygens (including phenoxy) is 1. The third-order valence-corrected chi connectivity index (χ3v) is 5.22. The molecule has 1 N–H and O–H groups in total. The maximum Gasteiger partial charge on any atom is 0.262 e. The molecule has 1 heterocycles. The van der Waals surface area contributed by atoms with Crippen LogP contribution in [0.15, 0.2) is 53.4 Å². The first-order valence-corrected chi connectivity index (χ1v) is 9.79. The summed E-state index contributed by atoms with van der Waals surface area (Å²) in [5.41, 5.74) is 0.884. The molecule has 2 amide bonds. The summed E-state index contributed by atoms with van der Waals surface area (Å²) in [7, 11) is -1.84. The van der Waals surface area contributed by atoms with Crippen molar-refractivity contribution in [1.82, 2.24) is 5.32 Å². The Balaban J connectivity index is 1.96. The van der Waals surface area contributed by atoms with Gasteiger partial charge in [-0.15, -0.1) is 0 Å². The highest BCUT2D eigenvalue weighted by Crippen LogP contribution is 2.34. The summed E-state index contributed by atoms with van der Waals surface area (Å²) in [6.45, 7) is 0.0589. The maximum absolute atomic E-state index is 13.0. The Morgan fingerprint density at radius 2 is 1.77 bits per heavy atom. The van der Waals surface area contributed by atoms with Crippen molar-refractivity contribution < 1.29 is 22.7 Å². The molecule has 0 aliphatic carbocycles. The van der Waals surface area contributed by atoms with Crippen molar-refractivity contribution >= 4 is 27.3 Å². The molecule has 0 radical (unpaired) electrons. The van der Waals surface area contributed by atoms with E-state index < -0.39 is 15.9 Å². The molecule has 0 saturated carbocycles. The summed E-state index contributed by atoms with van der Waals surface area (Å²) in [5.74, 6) is -0.229. The lowest BCUT2D eigenvalue weighted by atomic mass is 10.1. The number of amides is 2. The van der Waals surface area contributed by atoms with Gasteiger partial charge in [-0.1, -0.05) is 12.1 Å². The third kappa shape index (κ3) is 3.41. The van der Waals surface area contributed by atoms with Crippen LogP contribution in [0, 0.1) is 0 Å². The van der Waals surface area contributed by atoms with Gasteiger partial charge in [-0.2, -0.15) is 0 Å². The van der Waals surface area contributed by atoms with Crippen LogP contribution in [0.4, 0.5) is 5.69 Å². The molecular weight excluding hydrogens is 356 g/mol. The van der Waals surface area contributed by atoms with E-state index in [2.05, 4.69) is 5.32 Å². The second-order valence-electron chi connectivity index (χ2n) is 5.90. The quantitative estimate of drug-likeness (QED) is 0.873. The minimum absolute atomic E-state index is 0.0589. The number of benzene rings is 2. The number of hydrogen-bond acceptors (Lipinski definition) is 5. The predicted octanol–water partition coefficient (Wildman–Crippen LogP) is 1.24. The Morgan fingerprint density at radius 1 is 1.12 bits per heavy atom. The summed E-state index contributed by atoms with van der Waals surface area (Å²) < 4.78 is 28.8. The molecule has 0 fully saturated rings. The number of hydrogen-bond donors (Lipinski definition) is 1. The third-order valence-electron chi connectivity index (χ3n) is 4.09. The highest BCUT2D eigenvalue weighted by atomic mass is 32.2. The zero-order chi connectivity index (χ0) is 18.9. The van der Waals surface area contributed by atoms with Crippen molar-refractivity contribution in [3.8, 4) is 5.75 Å². The minimum Gasteiger partial charge on any atom is -0.477 e. The number of likely N-dealkylation sites (N-methyl/N-ethyl adjacent to an activating group) is 1. The molecule has 0 bridgehead atoms. The number of rotatable bonds is 3. The molecule has 0 saturated heterocycles. The first kappa shape index (κ1) is 17.9. The fourth-order valence-electron chi connectivity index (χ4n) is 2.72. The van der Waals surface area contributed by atoms with Crippen molar-refractivity contribution in [2.45, 2.75) is 11.0 Å². The Kier molecular flexibility index (Phi) is 4.69. The first-order chi connectivity index (χ1) is 12.3. The van der Waals surface area contributed by atoms with Crippen LogP contribution in [0.2, 0.25) is 0 Å². The summed E-state index contributed by atoms with van der Waals surface area (Å²) in [6, 6.07) is 12.7. The average molecular weight is 374 g/mol. The standard InChI is InChI=1S/C18H18N2O5S/c1-19-17(21)16-11-20(14-5-3-4-6-15(14)25-16)18(22)12-7-9-13(10-8-12)26(2,23)24/h3-10,16H,11H2,1-2H3,(H,19,21)/t16-/m1/s1. The van der Waals surface area contributed by atoms with E-state index in [0.717, 1.165) is 6.26 Å². The van der Waals surface area contributed by atoms with Gasteiger partial charge in [0.2, 0.25) is 0 Å². The first-order valence-electron chi connectivity index (χ1n) is 7.90. The van der Waals surface area contributed by atoms with E-state index in [1.165, 1.54) is 36.2 Å². The van der Waals surface area contributed by atoms with Gasteiger partial charge in [-0.25, -0.2) is 8.42 Å². The van der Waals surface area contributed by atoms with Gasteiger partial charge in [0.1, 0.15) is 5.75 Å². The zero-order valence-corrected chi connectivity index (χ0v) is 15.1. The molecule has 2 aromatic rings. The molecule has 0 spiro atoms. The Bertz CT molecular complexity index is 954. The van der Waals surface area contributed by atoms with Crippen molar-refractivity contribution in [2.75, 3.05) is 24.7 Å². The molecule has 2 aromatic carbocycles. The molecule has 136 valence electrons. The molecule has 26 heavy (non-hydrogen) atoms. The van der Waals surface area contributed by atoms with Gasteiger partial charge in [0.05, 0.1) is 17.1 Å². The molecule has 0 unspecified atom stereocenters. The fourth-order valence-corrected chi connectivity index (χ4v) is 3.36. The second kappa shape index (κ2) is 6.80. The molecular formula is C18H18N2O5S. The number of carbonyl (C=O) groups is 2. The normalized spacial score (nSPS) is 16.4. The zero-order valence-electron chi connectivity index (χ0n) is 14.3. The van der Waals surface area contributed by atoms with Crippen LogP contribution in [0.1, 0.15) is 10.4 Å². The van der Waals surface area contributed by atoms with Gasteiger partial charge >= 0.3 is 0 Å².